The first kappa shape index (κ1) is 15.1. The molecular weight excluding hydrogens is 300 g/mol. The average molecular weight is 324 g/mol. The normalized spacial score (nSPS) is 18.5. The van der Waals surface area contributed by atoms with Crippen LogP contribution in [0, 0.1) is 0 Å². The standard InChI is InChI=1S/C20H24N2S/c1-22-10-8-15(9-11-22)19-18-5-3-2-4-14(18)6-7-16-12-17(13-21)23-20(16)19/h2-5,12H,6-11,13,21H2,1H3. The van der Waals surface area contributed by atoms with Crippen LogP contribution in [0.15, 0.2) is 35.9 Å². The maximum absolute atomic E-state index is 5.93. The summed E-state index contributed by atoms with van der Waals surface area (Å²) in [5, 5.41) is 0. The Hall–Kier alpha value is -1.42. The largest absolute Gasteiger partial charge is 0.326 e. The molecule has 0 radical (unpaired) electrons. The van der Waals surface area contributed by atoms with Gasteiger partial charge in [-0.05, 0) is 61.1 Å². The number of benzene rings is 1. The van der Waals surface area contributed by atoms with E-state index in [1.165, 1.54) is 57.9 Å². The minimum Gasteiger partial charge on any atom is -0.326 e. The quantitative estimate of drug-likeness (QED) is 0.864. The Morgan fingerprint density at radius 2 is 1.78 bits per heavy atom. The molecular formula is C20H24N2S. The summed E-state index contributed by atoms with van der Waals surface area (Å²) in [5.74, 6) is 0. The van der Waals surface area contributed by atoms with Crippen LogP contribution in [0.1, 0.15) is 39.3 Å². The van der Waals surface area contributed by atoms with Crippen LogP contribution < -0.4 is 5.73 Å². The maximum atomic E-state index is 5.93. The fraction of sp³-hybridized carbons (Fsp3) is 0.400. The van der Waals surface area contributed by atoms with Crippen LogP contribution in [-0.2, 0) is 19.4 Å². The highest BCUT2D eigenvalue weighted by Gasteiger charge is 2.24. The second-order valence-corrected chi connectivity index (χ2v) is 7.85. The molecule has 0 spiro atoms. The van der Waals surface area contributed by atoms with Crippen molar-refractivity contribution in [2.75, 3.05) is 20.1 Å². The van der Waals surface area contributed by atoms with Crippen molar-refractivity contribution in [3.63, 3.8) is 0 Å². The van der Waals surface area contributed by atoms with Crippen LogP contribution in [-0.4, -0.2) is 25.0 Å². The number of hydrogen-bond donors (Lipinski definition) is 1. The van der Waals surface area contributed by atoms with Crippen molar-refractivity contribution < 1.29 is 0 Å². The highest BCUT2D eigenvalue weighted by Crippen LogP contribution is 2.42. The van der Waals surface area contributed by atoms with Gasteiger partial charge in [-0.25, -0.2) is 0 Å². The molecule has 4 rings (SSSR count). The molecule has 2 nitrogen and oxygen atoms in total. The molecule has 1 aliphatic heterocycles. The van der Waals surface area contributed by atoms with Gasteiger partial charge in [0.15, 0.2) is 0 Å². The molecule has 0 bridgehead atoms. The van der Waals surface area contributed by atoms with E-state index < -0.39 is 0 Å². The third-order valence-corrected chi connectivity index (χ3v) is 6.40. The van der Waals surface area contributed by atoms with Gasteiger partial charge < -0.3 is 10.6 Å². The molecule has 2 aliphatic rings. The van der Waals surface area contributed by atoms with Crippen LogP contribution in [0.4, 0.5) is 0 Å². The number of nitrogens with two attached hydrogens (primary N) is 1. The summed E-state index contributed by atoms with van der Waals surface area (Å²) in [4.78, 5) is 5.25. The molecule has 1 aromatic heterocycles. The van der Waals surface area contributed by atoms with E-state index in [9.17, 15) is 0 Å². The lowest BCUT2D eigenvalue weighted by atomic mass is 9.90. The van der Waals surface area contributed by atoms with E-state index in [0.717, 1.165) is 12.8 Å². The van der Waals surface area contributed by atoms with Crippen LogP contribution >= 0.6 is 11.3 Å². The van der Waals surface area contributed by atoms with E-state index in [1.807, 2.05) is 11.3 Å². The molecule has 0 saturated carbocycles. The lowest BCUT2D eigenvalue weighted by Crippen LogP contribution is -2.26. The molecule has 2 aromatic rings. The molecule has 1 aliphatic carbocycles. The summed E-state index contributed by atoms with van der Waals surface area (Å²) in [5.41, 5.74) is 13.6. The monoisotopic (exact) mass is 324 g/mol. The Kier molecular flexibility index (Phi) is 4.10. The van der Waals surface area contributed by atoms with E-state index in [4.69, 9.17) is 5.73 Å². The Balaban J connectivity index is 1.91. The van der Waals surface area contributed by atoms with E-state index >= 15 is 0 Å². The van der Waals surface area contributed by atoms with E-state index in [0.29, 0.717) is 6.54 Å². The molecule has 3 heteroatoms. The first-order chi connectivity index (χ1) is 11.3. The van der Waals surface area contributed by atoms with Crippen LogP contribution in [0.25, 0.3) is 5.57 Å². The van der Waals surface area contributed by atoms with Gasteiger partial charge >= 0.3 is 0 Å². The third kappa shape index (κ3) is 2.78. The summed E-state index contributed by atoms with van der Waals surface area (Å²) in [6.45, 7) is 3.00. The number of fused-ring (bicyclic) bond motifs is 2. The molecule has 23 heavy (non-hydrogen) atoms. The predicted octanol–water partition coefficient (Wildman–Crippen LogP) is 3.83. The van der Waals surface area contributed by atoms with Crippen molar-refractivity contribution in [1.82, 2.24) is 4.90 Å². The smallest absolute Gasteiger partial charge is 0.0383 e. The summed E-state index contributed by atoms with van der Waals surface area (Å²) >= 11 is 1.92. The molecule has 0 amide bonds. The minimum atomic E-state index is 0.657. The molecule has 1 saturated heterocycles. The van der Waals surface area contributed by atoms with Gasteiger partial charge in [0, 0.05) is 29.4 Å². The van der Waals surface area contributed by atoms with Gasteiger partial charge in [-0.15, -0.1) is 11.3 Å². The number of likely N-dealkylation sites (tertiary alicyclic amines) is 1. The van der Waals surface area contributed by atoms with Gasteiger partial charge in [0.25, 0.3) is 0 Å². The summed E-state index contributed by atoms with van der Waals surface area (Å²) in [6, 6.07) is 11.4. The van der Waals surface area contributed by atoms with Crippen molar-refractivity contribution >= 4 is 16.9 Å². The summed E-state index contributed by atoms with van der Waals surface area (Å²) in [7, 11) is 2.23. The predicted molar refractivity (Wildman–Crippen MR) is 98.8 cm³/mol. The molecule has 1 fully saturated rings. The zero-order valence-electron chi connectivity index (χ0n) is 13.8. The van der Waals surface area contributed by atoms with Crippen LogP contribution in [0.2, 0.25) is 0 Å². The Morgan fingerprint density at radius 1 is 1.04 bits per heavy atom. The zero-order chi connectivity index (χ0) is 15.8. The molecule has 2 heterocycles. The van der Waals surface area contributed by atoms with Crippen molar-refractivity contribution in [2.45, 2.75) is 32.2 Å². The molecule has 1 aromatic carbocycles. The van der Waals surface area contributed by atoms with Gasteiger partial charge in [-0.1, -0.05) is 29.8 Å². The van der Waals surface area contributed by atoms with Crippen molar-refractivity contribution in [3.05, 3.63) is 62.3 Å². The fourth-order valence-corrected chi connectivity index (χ4v) is 5.04. The Bertz CT molecular complexity index is 747. The minimum absolute atomic E-state index is 0.657. The van der Waals surface area contributed by atoms with E-state index in [2.05, 4.69) is 42.3 Å². The maximum Gasteiger partial charge on any atom is 0.0383 e. The number of aryl methyl sites for hydroxylation is 2. The van der Waals surface area contributed by atoms with Crippen molar-refractivity contribution in [2.24, 2.45) is 5.73 Å². The third-order valence-electron chi connectivity index (χ3n) is 5.18. The first-order valence-corrected chi connectivity index (χ1v) is 9.39. The first-order valence-electron chi connectivity index (χ1n) is 8.57. The number of piperidine rings is 1. The van der Waals surface area contributed by atoms with E-state index in [-0.39, 0.29) is 0 Å². The molecule has 120 valence electrons. The van der Waals surface area contributed by atoms with Gasteiger partial charge in [-0.3, -0.25) is 0 Å². The summed E-state index contributed by atoms with van der Waals surface area (Å²) < 4.78 is 0. The highest BCUT2D eigenvalue weighted by molar-refractivity contribution is 7.13. The highest BCUT2D eigenvalue weighted by atomic mass is 32.1. The average Bonchev–Trinajstić information content (AvgIpc) is 2.92. The number of rotatable bonds is 1. The van der Waals surface area contributed by atoms with Crippen molar-refractivity contribution in [1.29, 1.82) is 0 Å². The lowest BCUT2D eigenvalue weighted by molar-refractivity contribution is 0.313. The lowest BCUT2D eigenvalue weighted by Gasteiger charge is -2.27. The van der Waals surface area contributed by atoms with Crippen LogP contribution in [0.5, 0.6) is 0 Å². The SMILES string of the molecule is CN1CCC(=C2c3ccccc3CCc3cc(CN)sc32)CC1. The summed E-state index contributed by atoms with van der Waals surface area (Å²) in [6.07, 6.45) is 4.66. The topological polar surface area (TPSA) is 29.3 Å². The van der Waals surface area contributed by atoms with Crippen molar-refractivity contribution in [3.8, 4) is 0 Å². The number of nitrogens with zero attached hydrogens (tertiary/aromatic N) is 1. The van der Waals surface area contributed by atoms with Gasteiger partial charge in [-0.2, -0.15) is 0 Å². The van der Waals surface area contributed by atoms with Crippen LogP contribution in [0.3, 0.4) is 0 Å². The molecule has 0 unspecified atom stereocenters. The molecule has 2 N–H and O–H groups in total. The molecule has 0 atom stereocenters. The van der Waals surface area contributed by atoms with Gasteiger partial charge in [0.2, 0.25) is 0 Å². The number of thiophene rings is 1. The van der Waals surface area contributed by atoms with Gasteiger partial charge in [0.1, 0.15) is 0 Å². The second kappa shape index (κ2) is 6.23. The Labute approximate surface area is 142 Å². The fourth-order valence-electron chi connectivity index (χ4n) is 3.85. The second-order valence-electron chi connectivity index (χ2n) is 6.71. The zero-order valence-corrected chi connectivity index (χ0v) is 14.6. The van der Waals surface area contributed by atoms with E-state index in [1.54, 1.807) is 5.57 Å². The Morgan fingerprint density at radius 3 is 2.57 bits per heavy atom. The van der Waals surface area contributed by atoms with Gasteiger partial charge in [0.05, 0.1) is 0 Å². The number of hydrogen-bond acceptors (Lipinski definition) is 3.